The van der Waals surface area contributed by atoms with Gasteiger partial charge in [0.1, 0.15) is 6.04 Å². The zero-order valence-electron chi connectivity index (χ0n) is 12.1. The van der Waals surface area contributed by atoms with Crippen molar-refractivity contribution in [3.8, 4) is 0 Å². The van der Waals surface area contributed by atoms with Gasteiger partial charge in [-0.25, -0.2) is 0 Å². The topological polar surface area (TPSA) is 58.2 Å². The lowest BCUT2D eigenvalue weighted by Crippen LogP contribution is -2.46. The van der Waals surface area contributed by atoms with Crippen molar-refractivity contribution in [1.29, 1.82) is 0 Å². The van der Waals surface area contributed by atoms with Crippen LogP contribution < -0.4 is 10.6 Å². The molecule has 0 saturated carbocycles. The molecular weight excluding hydrogens is 252 g/mol. The molecule has 0 unspecified atom stereocenters. The third-order valence-electron chi connectivity index (χ3n) is 3.72. The smallest absolute Gasteiger partial charge is 0.243 e. The van der Waals surface area contributed by atoms with Gasteiger partial charge in [0.2, 0.25) is 11.8 Å². The Hall–Kier alpha value is -1.84. The SMILES string of the molecule is CCC[C@@H](NC(C)=O)C(=O)N[C@@H]1CCc2ccccc21. The summed E-state index contributed by atoms with van der Waals surface area (Å²) in [6.07, 6.45) is 3.46. The number of rotatable bonds is 5. The number of hydrogen-bond acceptors (Lipinski definition) is 2. The van der Waals surface area contributed by atoms with Gasteiger partial charge in [-0.15, -0.1) is 0 Å². The molecule has 0 saturated heterocycles. The van der Waals surface area contributed by atoms with E-state index in [2.05, 4.69) is 22.8 Å². The summed E-state index contributed by atoms with van der Waals surface area (Å²) in [6, 6.07) is 7.86. The maximum Gasteiger partial charge on any atom is 0.243 e. The summed E-state index contributed by atoms with van der Waals surface area (Å²) in [5, 5.41) is 5.80. The second kappa shape index (κ2) is 6.55. The van der Waals surface area contributed by atoms with E-state index >= 15 is 0 Å². The molecular formula is C16H22N2O2. The second-order valence-electron chi connectivity index (χ2n) is 5.34. The Morgan fingerprint density at radius 1 is 1.35 bits per heavy atom. The number of aryl methyl sites for hydroxylation is 1. The Morgan fingerprint density at radius 2 is 2.10 bits per heavy atom. The highest BCUT2D eigenvalue weighted by molar-refractivity contribution is 5.87. The number of fused-ring (bicyclic) bond motifs is 1. The molecule has 0 aromatic heterocycles. The van der Waals surface area contributed by atoms with E-state index in [1.165, 1.54) is 18.1 Å². The van der Waals surface area contributed by atoms with Crippen molar-refractivity contribution < 1.29 is 9.59 Å². The summed E-state index contributed by atoms with van der Waals surface area (Å²) in [6.45, 7) is 3.45. The van der Waals surface area contributed by atoms with Gasteiger partial charge in [0.15, 0.2) is 0 Å². The fraction of sp³-hybridized carbons (Fsp3) is 0.500. The van der Waals surface area contributed by atoms with Crippen LogP contribution >= 0.6 is 0 Å². The van der Waals surface area contributed by atoms with Gasteiger partial charge in [-0.1, -0.05) is 37.6 Å². The molecule has 0 fully saturated rings. The third-order valence-corrected chi connectivity index (χ3v) is 3.72. The highest BCUT2D eigenvalue weighted by Gasteiger charge is 2.26. The second-order valence-corrected chi connectivity index (χ2v) is 5.34. The van der Waals surface area contributed by atoms with Crippen molar-refractivity contribution in [3.63, 3.8) is 0 Å². The molecule has 0 heterocycles. The number of amides is 2. The minimum atomic E-state index is -0.426. The Kier molecular flexibility index (Phi) is 4.77. The summed E-state index contributed by atoms with van der Waals surface area (Å²) in [7, 11) is 0. The molecule has 20 heavy (non-hydrogen) atoms. The van der Waals surface area contributed by atoms with Crippen molar-refractivity contribution in [3.05, 3.63) is 35.4 Å². The average Bonchev–Trinajstić information content (AvgIpc) is 2.81. The van der Waals surface area contributed by atoms with Crippen molar-refractivity contribution in [2.45, 2.75) is 51.6 Å². The minimum absolute atomic E-state index is 0.0758. The van der Waals surface area contributed by atoms with E-state index < -0.39 is 6.04 Å². The lowest BCUT2D eigenvalue weighted by Gasteiger charge is -2.20. The first-order chi connectivity index (χ1) is 9.61. The lowest BCUT2D eigenvalue weighted by molar-refractivity contribution is -0.128. The molecule has 0 spiro atoms. The van der Waals surface area contributed by atoms with Crippen molar-refractivity contribution >= 4 is 11.8 Å². The van der Waals surface area contributed by atoms with Crippen molar-refractivity contribution in [2.24, 2.45) is 0 Å². The fourth-order valence-electron chi connectivity index (χ4n) is 2.78. The third kappa shape index (κ3) is 3.38. The minimum Gasteiger partial charge on any atom is -0.347 e. The van der Waals surface area contributed by atoms with Crippen LogP contribution in [0, 0.1) is 0 Å². The fourth-order valence-corrected chi connectivity index (χ4v) is 2.78. The van der Waals surface area contributed by atoms with Crippen molar-refractivity contribution in [2.75, 3.05) is 0 Å². The predicted octanol–water partition coefficient (Wildman–Crippen LogP) is 2.09. The van der Waals surface area contributed by atoms with Gasteiger partial charge in [-0.3, -0.25) is 9.59 Å². The summed E-state index contributed by atoms with van der Waals surface area (Å²) in [5.74, 6) is -0.242. The van der Waals surface area contributed by atoms with Crippen LogP contribution in [0.3, 0.4) is 0 Å². The van der Waals surface area contributed by atoms with Crippen LogP contribution in [0.5, 0.6) is 0 Å². The molecule has 4 heteroatoms. The zero-order chi connectivity index (χ0) is 14.5. The quantitative estimate of drug-likeness (QED) is 0.864. The Morgan fingerprint density at radius 3 is 2.80 bits per heavy atom. The number of hydrogen-bond donors (Lipinski definition) is 2. The molecule has 0 bridgehead atoms. The molecule has 1 aliphatic carbocycles. The normalized spacial score (nSPS) is 18.2. The molecule has 0 radical (unpaired) electrons. The molecule has 1 aromatic carbocycles. The van der Waals surface area contributed by atoms with Crippen LogP contribution in [-0.4, -0.2) is 17.9 Å². The number of benzene rings is 1. The average molecular weight is 274 g/mol. The largest absolute Gasteiger partial charge is 0.347 e. The van der Waals surface area contributed by atoms with Gasteiger partial charge in [-0.2, -0.15) is 0 Å². The van der Waals surface area contributed by atoms with E-state index in [0.717, 1.165) is 19.3 Å². The van der Waals surface area contributed by atoms with Gasteiger partial charge in [0.05, 0.1) is 6.04 Å². The molecule has 1 aromatic rings. The molecule has 2 atom stereocenters. The first-order valence-electron chi connectivity index (χ1n) is 7.27. The number of nitrogens with one attached hydrogen (secondary N) is 2. The van der Waals surface area contributed by atoms with Crippen LogP contribution in [0.25, 0.3) is 0 Å². The Balaban J connectivity index is 2.02. The van der Waals surface area contributed by atoms with Crippen LogP contribution in [0.4, 0.5) is 0 Å². The van der Waals surface area contributed by atoms with E-state index in [0.29, 0.717) is 6.42 Å². The van der Waals surface area contributed by atoms with Crippen LogP contribution in [-0.2, 0) is 16.0 Å². The first-order valence-corrected chi connectivity index (χ1v) is 7.27. The molecule has 4 nitrogen and oxygen atoms in total. The Bertz CT molecular complexity index is 499. The monoisotopic (exact) mass is 274 g/mol. The van der Waals surface area contributed by atoms with E-state index in [4.69, 9.17) is 0 Å². The van der Waals surface area contributed by atoms with Crippen LogP contribution in [0.15, 0.2) is 24.3 Å². The Labute approximate surface area is 119 Å². The van der Waals surface area contributed by atoms with Crippen molar-refractivity contribution in [1.82, 2.24) is 10.6 Å². The van der Waals surface area contributed by atoms with Gasteiger partial charge < -0.3 is 10.6 Å². The maximum atomic E-state index is 12.3. The van der Waals surface area contributed by atoms with Gasteiger partial charge >= 0.3 is 0 Å². The number of carbonyl (C=O) groups excluding carboxylic acids is 2. The predicted molar refractivity (Wildman–Crippen MR) is 78.2 cm³/mol. The summed E-state index contributed by atoms with van der Waals surface area (Å²) < 4.78 is 0. The molecule has 2 amide bonds. The molecule has 2 N–H and O–H groups in total. The highest BCUT2D eigenvalue weighted by atomic mass is 16.2. The highest BCUT2D eigenvalue weighted by Crippen LogP contribution is 2.30. The van der Waals surface area contributed by atoms with Gasteiger partial charge in [0, 0.05) is 6.92 Å². The van der Waals surface area contributed by atoms with Gasteiger partial charge in [-0.05, 0) is 30.4 Å². The van der Waals surface area contributed by atoms with E-state index in [1.807, 2.05) is 19.1 Å². The molecule has 0 aliphatic heterocycles. The zero-order valence-corrected chi connectivity index (χ0v) is 12.1. The van der Waals surface area contributed by atoms with E-state index in [9.17, 15) is 9.59 Å². The van der Waals surface area contributed by atoms with E-state index in [-0.39, 0.29) is 17.9 Å². The maximum absolute atomic E-state index is 12.3. The van der Waals surface area contributed by atoms with Crippen LogP contribution in [0.1, 0.15) is 50.3 Å². The standard InChI is InChI=1S/C16H22N2O2/c1-3-6-15(17-11(2)19)16(20)18-14-10-9-12-7-4-5-8-13(12)14/h4-5,7-8,14-15H,3,6,9-10H2,1-2H3,(H,17,19)(H,18,20)/t14-,15-/m1/s1. The van der Waals surface area contributed by atoms with E-state index in [1.54, 1.807) is 0 Å². The first kappa shape index (κ1) is 14.6. The van der Waals surface area contributed by atoms with Gasteiger partial charge in [0.25, 0.3) is 0 Å². The molecule has 1 aliphatic rings. The number of carbonyl (C=O) groups is 2. The lowest BCUT2D eigenvalue weighted by atomic mass is 10.1. The molecule has 108 valence electrons. The molecule has 2 rings (SSSR count). The summed E-state index contributed by atoms with van der Waals surface area (Å²) in [5.41, 5.74) is 2.52. The van der Waals surface area contributed by atoms with Crippen LogP contribution in [0.2, 0.25) is 0 Å². The summed E-state index contributed by atoms with van der Waals surface area (Å²) in [4.78, 5) is 23.5. The summed E-state index contributed by atoms with van der Waals surface area (Å²) >= 11 is 0.